The number of nitrogens with zero attached hydrogens (tertiary/aromatic N) is 2. The van der Waals surface area contributed by atoms with Gasteiger partial charge < -0.3 is 14.7 Å². The van der Waals surface area contributed by atoms with Gasteiger partial charge in [0.05, 0.1) is 19.7 Å². The van der Waals surface area contributed by atoms with E-state index in [1.54, 1.807) is 12.0 Å². The van der Waals surface area contributed by atoms with Gasteiger partial charge in [0.15, 0.2) is 0 Å². The van der Waals surface area contributed by atoms with Crippen molar-refractivity contribution in [3.8, 4) is 5.75 Å². The zero-order valence-electron chi connectivity index (χ0n) is 14.0. The molecule has 2 saturated heterocycles. The Morgan fingerprint density at radius 1 is 1.17 bits per heavy atom. The number of carbonyl (C=O) groups excluding carboxylic acids is 1. The summed E-state index contributed by atoms with van der Waals surface area (Å²) in [5.41, 5.74) is 1.11. The molecule has 0 radical (unpaired) electrons. The Labute approximate surface area is 142 Å². The van der Waals surface area contributed by atoms with E-state index in [9.17, 15) is 14.7 Å². The van der Waals surface area contributed by atoms with Crippen molar-refractivity contribution in [2.75, 3.05) is 26.7 Å². The highest BCUT2D eigenvalue weighted by Gasteiger charge is 2.35. The van der Waals surface area contributed by atoms with E-state index in [2.05, 4.69) is 0 Å². The number of amides is 1. The summed E-state index contributed by atoms with van der Waals surface area (Å²) < 4.78 is 5.19. The molecular weight excluding hydrogens is 308 g/mol. The van der Waals surface area contributed by atoms with Crippen molar-refractivity contribution in [1.29, 1.82) is 0 Å². The van der Waals surface area contributed by atoms with Crippen molar-refractivity contribution in [1.82, 2.24) is 9.80 Å². The molecule has 0 aliphatic carbocycles. The third-order valence-electron chi connectivity index (χ3n) is 5.06. The predicted molar refractivity (Wildman–Crippen MR) is 88.9 cm³/mol. The Morgan fingerprint density at radius 3 is 2.54 bits per heavy atom. The number of methoxy groups -OCH3 is 1. The van der Waals surface area contributed by atoms with E-state index < -0.39 is 12.0 Å². The van der Waals surface area contributed by atoms with Gasteiger partial charge in [-0.3, -0.25) is 14.5 Å². The molecule has 2 aliphatic rings. The molecule has 3 rings (SSSR count). The summed E-state index contributed by atoms with van der Waals surface area (Å²) in [6.07, 6.45) is 3.39. The second kappa shape index (κ2) is 7.21. The monoisotopic (exact) mass is 332 g/mol. The summed E-state index contributed by atoms with van der Waals surface area (Å²) in [4.78, 5) is 27.7. The van der Waals surface area contributed by atoms with Crippen LogP contribution in [0.2, 0.25) is 0 Å². The van der Waals surface area contributed by atoms with Gasteiger partial charge in [0, 0.05) is 6.54 Å². The Hall–Kier alpha value is -2.08. The molecule has 0 saturated carbocycles. The van der Waals surface area contributed by atoms with Gasteiger partial charge in [-0.2, -0.15) is 0 Å². The van der Waals surface area contributed by atoms with Crippen molar-refractivity contribution in [2.24, 2.45) is 0 Å². The molecule has 1 aromatic carbocycles. The molecule has 0 bridgehead atoms. The summed E-state index contributed by atoms with van der Waals surface area (Å²) in [5.74, 6) is 0.00545. The number of rotatable bonds is 5. The molecule has 2 aliphatic heterocycles. The summed E-state index contributed by atoms with van der Waals surface area (Å²) in [5, 5.41) is 9.26. The van der Waals surface area contributed by atoms with E-state index in [1.165, 1.54) is 0 Å². The van der Waals surface area contributed by atoms with Crippen LogP contribution in [-0.2, 0) is 9.59 Å². The SMILES string of the molecule is COc1ccc([C@@H]2CCCN2C(=O)CN2CCC[C@@H]2C(=O)O)cc1. The fourth-order valence-electron chi connectivity index (χ4n) is 3.80. The normalized spacial score (nSPS) is 24.3. The maximum absolute atomic E-state index is 12.7. The van der Waals surface area contributed by atoms with Crippen LogP contribution in [0.5, 0.6) is 5.75 Å². The molecule has 0 unspecified atom stereocenters. The van der Waals surface area contributed by atoms with Crippen LogP contribution in [0.15, 0.2) is 24.3 Å². The average Bonchev–Trinajstić information content (AvgIpc) is 3.24. The second-order valence-corrected chi connectivity index (χ2v) is 6.49. The lowest BCUT2D eigenvalue weighted by Crippen LogP contribution is -2.44. The van der Waals surface area contributed by atoms with Gasteiger partial charge in [0.2, 0.25) is 5.91 Å². The minimum absolute atomic E-state index is 0.0291. The topological polar surface area (TPSA) is 70.1 Å². The third-order valence-corrected chi connectivity index (χ3v) is 5.06. The molecule has 0 spiro atoms. The first-order valence-electron chi connectivity index (χ1n) is 8.50. The van der Waals surface area contributed by atoms with Gasteiger partial charge >= 0.3 is 5.97 Å². The van der Waals surface area contributed by atoms with Gasteiger partial charge in [-0.1, -0.05) is 12.1 Å². The average molecular weight is 332 g/mol. The lowest BCUT2D eigenvalue weighted by Gasteiger charge is -2.28. The number of hydrogen-bond donors (Lipinski definition) is 1. The summed E-state index contributed by atoms with van der Waals surface area (Å²) >= 11 is 0. The van der Waals surface area contributed by atoms with Gasteiger partial charge in [-0.15, -0.1) is 0 Å². The van der Waals surface area contributed by atoms with Crippen LogP contribution in [0.4, 0.5) is 0 Å². The lowest BCUT2D eigenvalue weighted by molar-refractivity contribution is -0.143. The maximum Gasteiger partial charge on any atom is 0.320 e. The van der Waals surface area contributed by atoms with Crippen molar-refractivity contribution in [3.63, 3.8) is 0 Å². The predicted octanol–water partition coefficient (Wildman–Crippen LogP) is 1.91. The third kappa shape index (κ3) is 3.38. The van der Waals surface area contributed by atoms with Crippen LogP contribution in [0, 0.1) is 0 Å². The number of aliphatic carboxylic acids is 1. The molecule has 2 fully saturated rings. The number of hydrogen-bond acceptors (Lipinski definition) is 4. The quantitative estimate of drug-likeness (QED) is 0.892. The first kappa shape index (κ1) is 16.8. The fourth-order valence-corrected chi connectivity index (χ4v) is 3.80. The number of carboxylic acids is 1. The van der Waals surface area contributed by atoms with E-state index in [4.69, 9.17) is 4.74 Å². The van der Waals surface area contributed by atoms with Gasteiger partial charge in [-0.25, -0.2) is 0 Å². The van der Waals surface area contributed by atoms with Crippen LogP contribution in [0.3, 0.4) is 0 Å². The van der Waals surface area contributed by atoms with Crippen LogP contribution in [0.25, 0.3) is 0 Å². The number of ether oxygens (including phenoxy) is 1. The highest BCUT2D eigenvalue weighted by atomic mass is 16.5. The Morgan fingerprint density at radius 2 is 1.88 bits per heavy atom. The first-order valence-corrected chi connectivity index (χ1v) is 8.50. The molecule has 2 heterocycles. The Bertz CT molecular complexity index is 602. The molecule has 24 heavy (non-hydrogen) atoms. The van der Waals surface area contributed by atoms with Crippen LogP contribution < -0.4 is 4.74 Å². The highest BCUT2D eigenvalue weighted by molar-refractivity contribution is 5.81. The van der Waals surface area contributed by atoms with Crippen molar-refractivity contribution >= 4 is 11.9 Å². The van der Waals surface area contributed by atoms with Crippen LogP contribution in [0.1, 0.15) is 37.3 Å². The van der Waals surface area contributed by atoms with Gasteiger partial charge in [-0.05, 0) is 49.9 Å². The van der Waals surface area contributed by atoms with Crippen molar-refractivity contribution in [3.05, 3.63) is 29.8 Å². The van der Waals surface area contributed by atoms with E-state index in [0.717, 1.165) is 37.1 Å². The molecule has 0 aromatic heterocycles. The van der Waals surface area contributed by atoms with Crippen LogP contribution >= 0.6 is 0 Å². The lowest BCUT2D eigenvalue weighted by atomic mass is 10.0. The van der Waals surface area contributed by atoms with E-state index in [0.29, 0.717) is 13.0 Å². The number of carbonyl (C=O) groups is 2. The molecule has 1 amide bonds. The van der Waals surface area contributed by atoms with Gasteiger partial charge in [0.1, 0.15) is 11.8 Å². The first-order chi connectivity index (χ1) is 11.6. The molecule has 1 N–H and O–H groups in total. The Kier molecular flexibility index (Phi) is 5.04. The maximum atomic E-state index is 12.7. The number of benzene rings is 1. The van der Waals surface area contributed by atoms with Crippen molar-refractivity contribution < 1.29 is 19.4 Å². The highest BCUT2D eigenvalue weighted by Crippen LogP contribution is 2.33. The number of carboxylic acid groups (broad SMARTS) is 1. The van der Waals surface area contributed by atoms with Gasteiger partial charge in [0.25, 0.3) is 0 Å². The minimum Gasteiger partial charge on any atom is -0.497 e. The zero-order chi connectivity index (χ0) is 17.1. The summed E-state index contributed by atoms with van der Waals surface area (Å²) in [6.45, 7) is 1.62. The van der Waals surface area contributed by atoms with Crippen LogP contribution in [-0.4, -0.2) is 59.6 Å². The van der Waals surface area contributed by atoms with E-state index in [1.807, 2.05) is 29.2 Å². The minimum atomic E-state index is -0.826. The molecule has 6 heteroatoms. The molecule has 1 aromatic rings. The fraction of sp³-hybridized carbons (Fsp3) is 0.556. The molecule has 130 valence electrons. The second-order valence-electron chi connectivity index (χ2n) is 6.49. The zero-order valence-corrected chi connectivity index (χ0v) is 14.0. The number of likely N-dealkylation sites (tertiary alicyclic amines) is 2. The molecule has 6 nitrogen and oxygen atoms in total. The standard InChI is InChI=1S/C18H24N2O4/c1-24-14-8-6-13(7-9-14)15-4-3-11-20(15)17(21)12-19-10-2-5-16(19)18(22)23/h6-9,15-16H,2-5,10-12H2,1H3,(H,22,23)/t15-,16+/m0/s1. The smallest absolute Gasteiger partial charge is 0.320 e. The summed E-state index contributed by atoms with van der Waals surface area (Å²) in [6, 6.07) is 7.40. The van der Waals surface area contributed by atoms with E-state index in [-0.39, 0.29) is 18.5 Å². The molecular formula is C18H24N2O4. The van der Waals surface area contributed by atoms with Crippen molar-refractivity contribution in [2.45, 2.75) is 37.8 Å². The van der Waals surface area contributed by atoms with E-state index >= 15 is 0 Å². The Balaban J connectivity index is 1.68. The largest absolute Gasteiger partial charge is 0.497 e. The summed E-state index contributed by atoms with van der Waals surface area (Å²) in [7, 11) is 1.63. The molecule has 2 atom stereocenters.